The summed E-state index contributed by atoms with van der Waals surface area (Å²) in [5.74, 6) is 1.25. The number of aliphatic hydroxyl groups excluding tert-OH is 1. The molecule has 3 rings (SSSR count). The van der Waals surface area contributed by atoms with E-state index < -0.39 is 0 Å². The fourth-order valence-electron chi connectivity index (χ4n) is 3.07. The summed E-state index contributed by atoms with van der Waals surface area (Å²) in [6.45, 7) is 2.51. The van der Waals surface area contributed by atoms with Gasteiger partial charge in [0.05, 0.1) is 12.6 Å². The van der Waals surface area contributed by atoms with Crippen LogP contribution in [0, 0.1) is 0 Å². The topological polar surface area (TPSA) is 23.5 Å². The van der Waals surface area contributed by atoms with Crippen LogP contribution >= 0.6 is 11.8 Å². The van der Waals surface area contributed by atoms with Crippen molar-refractivity contribution >= 4 is 11.8 Å². The van der Waals surface area contributed by atoms with E-state index in [0.29, 0.717) is 0 Å². The Hall–Kier alpha value is -0.510. The Kier molecular flexibility index (Phi) is 3.92. The molecular weight excluding hydrogens is 242 g/mol. The Morgan fingerprint density at radius 1 is 1.22 bits per heavy atom. The second-order valence-corrected chi connectivity index (χ2v) is 6.40. The minimum Gasteiger partial charge on any atom is -0.394 e. The van der Waals surface area contributed by atoms with E-state index in [1.165, 1.54) is 47.5 Å². The number of hydrogen-bond acceptors (Lipinski definition) is 3. The number of hydrogen-bond donors (Lipinski definition) is 1. The van der Waals surface area contributed by atoms with Crippen LogP contribution in [0.4, 0.5) is 0 Å². The van der Waals surface area contributed by atoms with Crippen LogP contribution < -0.4 is 0 Å². The van der Waals surface area contributed by atoms with Gasteiger partial charge in [0.25, 0.3) is 0 Å². The fraction of sp³-hybridized carbons (Fsp3) is 0.600. The number of likely N-dealkylation sites (tertiary alicyclic amines) is 1. The van der Waals surface area contributed by atoms with Crippen molar-refractivity contribution in [2.75, 3.05) is 25.4 Å². The van der Waals surface area contributed by atoms with E-state index in [1.807, 2.05) is 11.8 Å². The van der Waals surface area contributed by atoms with Gasteiger partial charge in [-0.1, -0.05) is 12.1 Å². The maximum absolute atomic E-state index is 9.70. The summed E-state index contributed by atoms with van der Waals surface area (Å²) in [6.07, 6.45) is 5.04. The highest BCUT2D eigenvalue weighted by Gasteiger charge is 2.23. The van der Waals surface area contributed by atoms with Crippen molar-refractivity contribution in [3.8, 4) is 0 Å². The van der Waals surface area contributed by atoms with E-state index in [9.17, 15) is 5.11 Å². The van der Waals surface area contributed by atoms with Crippen molar-refractivity contribution in [1.82, 2.24) is 4.90 Å². The predicted molar refractivity (Wildman–Crippen MR) is 76.1 cm³/mol. The SMILES string of the molecule is OCC(c1ccc2c(c1)CCCS2)N1CCCC1. The third-order valence-electron chi connectivity index (χ3n) is 4.07. The number of aryl methyl sites for hydroxylation is 1. The van der Waals surface area contributed by atoms with Gasteiger partial charge in [-0.3, -0.25) is 4.90 Å². The number of benzene rings is 1. The minimum atomic E-state index is 0.213. The predicted octanol–water partition coefficient (Wildman–Crippen LogP) is 2.85. The lowest BCUT2D eigenvalue weighted by Crippen LogP contribution is -2.28. The Morgan fingerprint density at radius 2 is 2.06 bits per heavy atom. The van der Waals surface area contributed by atoms with Crippen LogP contribution in [0.25, 0.3) is 0 Å². The lowest BCUT2D eigenvalue weighted by Gasteiger charge is -2.27. The number of thioether (sulfide) groups is 1. The molecule has 0 bridgehead atoms. The number of aliphatic hydroxyl groups is 1. The van der Waals surface area contributed by atoms with Gasteiger partial charge in [-0.2, -0.15) is 0 Å². The molecule has 1 aromatic carbocycles. The minimum absolute atomic E-state index is 0.213. The van der Waals surface area contributed by atoms with E-state index in [0.717, 1.165) is 13.1 Å². The van der Waals surface area contributed by atoms with Gasteiger partial charge < -0.3 is 5.11 Å². The quantitative estimate of drug-likeness (QED) is 0.907. The normalized spacial score (nSPS) is 21.8. The first-order valence-electron chi connectivity index (χ1n) is 6.99. The maximum atomic E-state index is 9.70. The van der Waals surface area contributed by atoms with Crippen LogP contribution in [-0.4, -0.2) is 35.5 Å². The zero-order valence-corrected chi connectivity index (χ0v) is 11.6. The van der Waals surface area contributed by atoms with Crippen LogP contribution in [0.3, 0.4) is 0 Å². The fourth-order valence-corrected chi connectivity index (χ4v) is 4.09. The second-order valence-electron chi connectivity index (χ2n) is 5.26. The summed E-state index contributed by atoms with van der Waals surface area (Å²) >= 11 is 1.97. The number of fused-ring (bicyclic) bond motifs is 1. The van der Waals surface area contributed by atoms with Gasteiger partial charge in [0, 0.05) is 4.90 Å². The average molecular weight is 263 g/mol. The molecule has 1 atom stereocenters. The van der Waals surface area contributed by atoms with Crippen molar-refractivity contribution in [3.05, 3.63) is 29.3 Å². The summed E-state index contributed by atoms with van der Waals surface area (Å²) in [6, 6.07) is 7.02. The van der Waals surface area contributed by atoms with E-state index in [4.69, 9.17) is 0 Å². The molecule has 2 aliphatic rings. The smallest absolute Gasteiger partial charge is 0.0628 e. The molecular formula is C15H21NOS. The molecule has 1 fully saturated rings. The van der Waals surface area contributed by atoms with Gasteiger partial charge in [0.2, 0.25) is 0 Å². The molecule has 0 saturated carbocycles. The molecule has 0 aliphatic carbocycles. The molecule has 18 heavy (non-hydrogen) atoms. The lowest BCUT2D eigenvalue weighted by molar-refractivity contribution is 0.147. The molecule has 1 aromatic rings. The van der Waals surface area contributed by atoms with E-state index in [1.54, 1.807) is 0 Å². The van der Waals surface area contributed by atoms with Gasteiger partial charge in [-0.15, -0.1) is 11.8 Å². The third kappa shape index (κ3) is 2.44. The van der Waals surface area contributed by atoms with E-state index in [2.05, 4.69) is 23.1 Å². The van der Waals surface area contributed by atoms with Gasteiger partial charge in [0.1, 0.15) is 0 Å². The van der Waals surface area contributed by atoms with Crippen molar-refractivity contribution in [3.63, 3.8) is 0 Å². The lowest BCUT2D eigenvalue weighted by atomic mass is 10.0. The zero-order valence-electron chi connectivity index (χ0n) is 10.8. The molecule has 2 aliphatic heterocycles. The molecule has 1 saturated heterocycles. The van der Waals surface area contributed by atoms with Gasteiger partial charge in [0.15, 0.2) is 0 Å². The second kappa shape index (κ2) is 5.64. The van der Waals surface area contributed by atoms with Gasteiger partial charge in [-0.25, -0.2) is 0 Å². The first kappa shape index (κ1) is 12.5. The molecule has 98 valence electrons. The van der Waals surface area contributed by atoms with Crippen molar-refractivity contribution in [2.45, 2.75) is 36.6 Å². The molecule has 1 unspecified atom stereocenters. The monoisotopic (exact) mass is 263 g/mol. The number of nitrogens with zero attached hydrogens (tertiary/aromatic N) is 1. The van der Waals surface area contributed by atoms with E-state index >= 15 is 0 Å². The third-order valence-corrected chi connectivity index (χ3v) is 5.27. The summed E-state index contributed by atoms with van der Waals surface area (Å²) in [7, 11) is 0. The van der Waals surface area contributed by atoms with Crippen molar-refractivity contribution < 1.29 is 5.11 Å². The van der Waals surface area contributed by atoms with Crippen LogP contribution in [0.2, 0.25) is 0 Å². The zero-order chi connectivity index (χ0) is 12.4. The highest BCUT2D eigenvalue weighted by Crippen LogP contribution is 2.33. The van der Waals surface area contributed by atoms with Crippen LogP contribution in [0.5, 0.6) is 0 Å². The molecule has 2 nitrogen and oxygen atoms in total. The summed E-state index contributed by atoms with van der Waals surface area (Å²) in [4.78, 5) is 3.88. The highest BCUT2D eigenvalue weighted by molar-refractivity contribution is 7.99. The molecule has 0 spiro atoms. The van der Waals surface area contributed by atoms with Crippen molar-refractivity contribution in [1.29, 1.82) is 0 Å². The molecule has 0 radical (unpaired) electrons. The molecule has 1 N–H and O–H groups in total. The van der Waals surface area contributed by atoms with Gasteiger partial charge in [-0.05, 0) is 61.7 Å². The maximum Gasteiger partial charge on any atom is 0.0628 e. The Balaban J connectivity index is 1.85. The van der Waals surface area contributed by atoms with Crippen molar-refractivity contribution in [2.24, 2.45) is 0 Å². The average Bonchev–Trinajstić information content (AvgIpc) is 2.93. The molecule has 0 aromatic heterocycles. The number of rotatable bonds is 3. The van der Waals surface area contributed by atoms with Crippen LogP contribution in [-0.2, 0) is 6.42 Å². The first-order valence-corrected chi connectivity index (χ1v) is 7.97. The van der Waals surface area contributed by atoms with Gasteiger partial charge >= 0.3 is 0 Å². The standard InChI is InChI=1S/C15H21NOS/c17-11-14(16-7-1-2-8-16)12-5-6-15-13(10-12)4-3-9-18-15/h5-6,10,14,17H,1-4,7-9,11H2. The Morgan fingerprint density at radius 3 is 2.83 bits per heavy atom. The first-order chi connectivity index (χ1) is 8.88. The largest absolute Gasteiger partial charge is 0.394 e. The highest BCUT2D eigenvalue weighted by atomic mass is 32.2. The Labute approximate surface area is 113 Å². The molecule has 3 heteroatoms. The summed E-state index contributed by atoms with van der Waals surface area (Å²) in [5.41, 5.74) is 2.79. The molecule has 2 heterocycles. The van der Waals surface area contributed by atoms with Crippen LogP contribution in [0.1, 0.15) is 36.4 Å². The molecule has 0 amide bonds. The summed E-state index contributed by atoms with van der Waals surface area (Å²) < 4.78 is 0. The Bertz CT molecular complexity index is 415. The summed E-state index contributed by atoms with van der Waals surface area (Å²) in [5, 5.41) is 9.70. The van der Waals surface area contributed by atoms with E-state index in [-0.39, 0.29) is 12.6 Å². The van der Waals surface area contributed by atoms with Crippen LogP contribution in [0.15, 0.2) is 23.1 Å².